The van der Waals surface area contributed by atoms with Crippen LogP contribution in [0, 0.1) is 6.57 Å². The molecule has 6 heteroatoms. The summed E-state index contributed by atoms with van der Waals surface area (Å²) in [6, 6.07) is 3.91. The van der Waals surface area contributed by atoms with Gasteiger partial charge >= 0.3 is 12.1 Å². The molecule has 0 aliphatic carbocycles. The zero-order valence-corrected chi connectivity index (χ0v) is 9.99. The van der Waals surface area contributed by atoms with Crippen molar-refractivity contribution in [2.45, 2.75) is 6.17 Å². The first-order valence-electron chi connectivity index (χ1n) is 5.77. The van der Waals surface area contributed by atoms with Crippen LogP contribution in [-0.4, -0.2) is 48.1 Å². The van der Waals surface area contributed by atoms with Gasteiger partial charge in [0.15, 0.2) is 0 Å². The predicted molar refractivity (Wildman–Crippen MR) is 67.6 cm³/mol. The predicted octanol–water partition coefficient (Wildman–Crippen LogP) is -0.0657. The van der Waals surface area contributed by atoms with Crippen molar-refractivity contribution in [2.24, 2.45) is 5.73 Å². The molecule has 0 bridgehead atoms. The molecule has 18 heavy (non-hydrogen) atoms. The lowest BCUT2D eigenvalue weighted by atomic mass is 10.2. The molecule has 0 aromatic carbocycles. The number of pyridine rings is 1. The van der Waals surface area contributed by atoms with E-state index in [1.165, 1.54) is 0 Å². The average Bonchev–Trinajstić information content (AvgIpc) is 2.41. The van der Waals surface area contributed by atoms with Gasteiger partial charge in [0, 0.05) is 44.3 Å². The number of piperazine rings is 1. The van der Waals surface area contributed by atoms with Crippen molar-refractivity contribution < 1.29 is 4.79 Å². The van der Waals surface area contributed by atoms with E-state index in [0.717, 1.165) is 18.8 Å². The highest BCUT2D eigenvalue weighted by molar-refractivity contribution is 5.81. The summed E-state index contributed by atoms with van der Waals surface area (Å²) < 4.78 is 0. The van der Waals surface area contributed by atoms with Gasteiger partial charge in [0.25, 0.3) is 0 Å². The van der Waals surface area contributed by atoms with Gasteiger partial charge in [-0.2, -0.15) is 0 Å². The number of hydrogen-bond donors (Lipinski definition) is 1. The molecular formula is C12H15N5O. The number of amides is 1. The lowest BCUT2D eigenvalue weighted by Gasteiger charge is -2.35. The Hall–Kier alpha value is -2.13. The molecule has 1 aromatic heterocycles. The SMILES string of the molecule is [C-]#[N+]C(C(N)=O)N1CCN(c2ccncc2)CC1. The van der Waals surface area contributed by atoms with E-state index >= 15 is 0 Å². The third-order valence-corrected chi connectivity index (χ3v) is 3.06. The maximum Gasteiger partial charge on any atom is 0.357 e. The Labute approximate surface area is 106 Å². The van der Waals surface area contributed by atoms with Gasteiger partial charge < -0.3 is 10.6 Å². The molecule has 0 spiro atoms. The van der Waals surface area contributed by atoms with Crippen molar-refractivity contribution in [3.63, 3.8) is 0 Å². The molecule has 1 saturated heterocycles. The van der Waals surface area contributed by atoms with E-state index in [4.69, 9.17) is 12.3 Å². The highest BCUT2D eigenvalue weighted by Gasteiger charge is 2.31. The third kappa shape index (κ3) is 2.57. The molecule has 1 fully saturated rings. The van der Waals surface area contributed by atoms with Gasteiger partial charge in [-0.15, -0.1) is 0 Å². The summed E-state index contributed by atoms with van der Waals surface area (Å²) in [6.07, 6.45) is 2.68. The van der Waals surface area contributed by atoms with Crippen LogP contribution in [0.4, 0.5) is 5.69 Å². The minimum absolute atomic E-state index is 0.567. The maximum absolute atomic E-state index is 11.1. The molecule has 1 atom stereocenters. The maximum atomic E-state index is 11.1. The molecule has 1 amide bonds. The van der Waals surface area contributed by atoms with Crippen molar-refractivity contribution in [1.82, 2.24) is 9.88 Å². The number of rotatable bonds is 3. The topological polar surface area (TPSA) is 66.8 Å². The highest BCUT2D eigenvalue weighted by Crippen LogP contribution is 2.16. The Bertz CT molecular complexity index is 447. The summed E-state index contributed by atoms with van der Waals surface area (Å²) in [5, 5.41) is 0. The van der Waals surface area contributed by atoms with E-state index < -0.39 is 12.1 Å². The summed E-state index contributed by atoms with van der Waals surface area (Å²) in [5.41, 5.74) is 6.32. The number of nitrogens with zero attached hydrogens (tertiary/aromatic N) is 4. The lowest BCUT2D eigenvalue weighted by Crippen LogP contribution is -2.53. The van der Waals surface area contributed by atoms with Crippen LogP contribution in [0.2, 0.25) is 0 Å². The Morgan fingerprint density at radius 2 is 1.94 bits per heavy atom. The molecule has 0 saturated carbocycles. The van der Waals surface area contributed by atoms with Crippen LogP contribution in [0.1, 0.15) is 0 Å². The molecule has 1 aliphatic heterocycles. The normalized spacial score (nSPS) is 18.1. The van der Waals surface area contributed by atoms with E-state index in [1.807, 2.05) is 17.0 Å². The summed E-state index contributed by atoms with van der Waals surface area (Å²) >= 11 is 0. The van der Waals surface area contributed by atoms with Crippen molar-refractivity contribution in [3.05, 3.63) is 35.9 Å². The summed E-state index contributed by atoms with van der Waals surface area (Å²) in [4.78, 5) is 22.4. The van der Waals surface area contributed by atoms with Gasteiger partial charge in [0.05, 0.1) is 0 Å². The summed E-state index contributed by atoms with van der Waals surface area (Å²) in [6.45, 7) is 9.89. The first-order chi connectivity index (χ1) is 8.72. The Morgan fingerprint density at radius 1 is 1.33 bits per heavy atom. The summed E-state index contributed by atoms with van der Waals surface area (Å²) in [7, 11) is 0. The van der Waals surface area contributed by atoms with Crippen LogP contribution in [0.5, 0.6) is 0 Å². The van der Waals surface area contributed by atoms with Crippen molar-refractivity contribution in [1.29, 1.82) is 0 Å². The molecule has 6 nitrogen and oxygen atoms in total. The standard InChI is InChI=1S/C12H15N5O/c1-14-12(11(13)18)17-8-6-16(7-9-17)10-2-4-15-5-3-10/h2-5,12H,6-9H2,(H2,13,18). The molecule has 2 rings (SSSR count). The Balaban J connectivity index is 1.97. The zero-order chi connectivity index (χ0) is 13.0. The minimum atomic E-state index is -0.829. The largest absolute Gasteiger partial charge is 0.369 e. The molecular weight excluding hydrogens is 230 g/mol. The fraction of sp³-hybridized carbons (Fsp3) is 0.417. The van der Waals surface area contributed by atoms with Crippen LogP contribution >= 0.6 is 0 Å². The van der Waals surface area contributed by atoms with E-state index in [1.54, 1.807) is 12.4 Å². The molecule has 2 heterocycles. The fourth-order valence-electron chi connectivity index (χ4n) is 2.10. The van der Waals surface area contributed by atoms with Gasteiger partial charge in [-0.25, -0.2) is 11.5 Å². The van der Waals surface area contributed by atoms with Crippen molar-refractivity contribution in [2.75, 3.05) is 31.1 Å². The number of anilines is 1. The van der Waals surface area contributed by atoms with E-state index in [9.17, 15) is 4.79 Å². The van der Waals surface area contributed by atoms with Crippen LogP contribution in [0.25, 0.3) is 4.85 Å². The second kappa shape index (κ2) is 5.47. The minimum Gasteiger partial charge on any atom is -0.369 e. The van der Waals surface area contributed by atoms with Gasteiger partial charge in [-0.1, -0.05) is 0 Å². The van der Waals surface area contributed by atoms with Gasteiger partial charge in [0.2, 0.25) is 0 Å². The highest BCUT2D eigenvalue weighted by atomic mass is 16.1. The Kier molecular flexibility index (Phi) is 3.75. The van der Waals surface area contributed by atoms with Crippen LogP contribution in [0.3, 0.4) is 0 Å². The first-order valence-corrected chi connectivity index (χ1v) is 5.77. The van der Waals surface area contributed by atoms with E-state index in [-0.39, 0.29) is 0 Å². The molecule has 1 unspecified atom stereocenters. The van der Waals surface area contributed by atoms with Gasteiger partial charge in [0.1, 0.15) is 0 Å². The van der Waals surface area contributed by atoms with Crippen LogP contribution < -0.4 is 10.6 Å². The Morgan fingerprint density at radius 3 is 2.44 bits per heavy atom. The summed E-state index contributed by atoms with van der Waals surface area (Å²) in [5.74, 6) is -0.567. The number of hydrogen-bond acceptors (Lipinski definition) is 4. The number of nitrogens with two attached hydrogens (primary N) is 1. The van der Waals surface area contributed by atoms with E-state index in [0.29, 0.717) is 13.1 Å². The van der Waals surface area contributed by atoms with Crippen LogP contribution in [0.15, 0.2) is 24.5 Å². The monoisotopic (exact) mass is 245 g/mol. The first kappa shape index (κ1) is 12.3. The van der Waals surface area contributed by atoms with Crippen LogP contribution in [-0.2, 0) is 4.79 Å². The molecule has 0 radical (unpaired) electrons. The van der Waals surface area contributed by atoms with Gasteiger partial charge in [-0.05, 0) is 12.1 Å². The van der Waals surface area contributed by atoms with Gasteiger partial charge in [-0.3, -0.25) is 14.6 Å². The second-order valence-electron chi connectivity index (χ2n) is 4.13. The number of carbonyl (C=O) groups is 1. The fourth-order valence-corrected chi connectivity index (χ4v) is 2.10. The van der Waals surface area contributed by atoms with Crippen molar-refractivity contribution >= 4 is 11.6 Å². The quantitative estimate of drug-likeness (QED) is 0.757. The molecule has 2 N–H and O–H groups in total. The van der Waals surface area contributed by atoms with E-state index in [2.05, 4.69) is 14.7 Å². The zero-order valence-electron chi connectivity index (χ0n) is 9.99. The van der Waals surface area contributed by atoms with Crippen molar-refractivity contribution in [3.8, 4) is 0 Å². The molecule has 1 aromatic rings. The number of carbonyl (C=O) groups excluding carboxylic acids is 1. The lowest BCUT2D eigenvalue weighted by molar-refractivity contribution is -0.121. The average molecular weight is 245 g/mol. The second-order valence-corrected chi connectivity index (χ2v) is 4.13. The number of aromatic nitrogens is 1. The smallest absolute Gasteiger partial charge is 0.357 e. The molecule has 94 valence electrons. The number of primary amides is 1. The third-order valence-electron chi connectivity index (χ3n) is 3.06. The molecule has 1 aliphatic rings.